The van der Waals surface area contributed by atoms with Crippen molar-refractivity contribution in [2.75, 3.05) is 52.5 Å². The van der Waals surface area contributed by atoms with Crippen molar-refractivity contribution < 1.29 is 73.7 Å². The number of primary amides is 1. The number of rotatable bonds is 11. The number of nitrogens with two attached hydrogens (primary N) is 1. The zero-order valence-corrected chi connectivity index (χ0v) is 38.5. The highest BCUT2D eigenvalue weighted by molar-refractivity contribution is 5.94. The summed E-state index contributed by atoms with van der Waals surface area (Å²) in [5.41, 5.74) is 1.34. The van der Waals surface area contributed by atoms with Crippen molar-refractivity contribution in [1.82, 2.24) is 24.5 Å². The van der Waals surface area contributed by atoms with Crippen LogP contribution in [0, 0.1) is 27.9 Å². The van der Waals surface area contributed by atoms with Crippen molar-refractivity contribution >= 4 is 30.1 Å². The molecule has 1 spiro atoms. The van der Waals surface area contributed by atoms with Gasteiger partial charge in [-0.2, -0.15) is 31.4 Å². The summed E-state index contributed by atoms with van der Waals surface area (Å²) < 4.78 is 119. The Hall–Kier alpha value is -5.64. The average molecular weight is 997 g/mol. The third-order valence-corrected chi connectivity index (χ3v) is 14.6. The number of likely N-dealkylation sites (tertiary alicyclic amines) is 3. The van der Waals surface area contributed by atoms with E-state index in [9.17, 15) is 54.3 Å². The Morgan fingerprint density at radius 3 is 2.01 bits per heavy atom. The van der Waals surface area contributed by atoms with Crippen molar-refractivity contribution in [2.24, 2.45) is 22.0 Å². The number of nitrogens with zero attached hydrogens (tertiary/aromatic N) is 5. The molecule has 2 saturated carbocycles. The minimum absolute atomic E-state index is 0.0237. The summed E-state index contributed by atoms with van der Waals surface area (Å²) in [4.78, 5) is 62.3. The standard InChI is InChI=1S/C24H31F2NO5.C23H22F6N4O2.CH3NO/c1-15(31-13-24-6-2-18(3-7-24)32-14-24)10-21(28)27-8-4-16(5-9-27)17-11-19(25)22(23(29)30)20(26)12-17;24-22(25,26)17-3-1-15(2-4-17)10-33-11-16(9-30-33)18(34)31-8-7-20(12-31)13-32(14-20)19(35)21(5-6-21)23(27,28)29;2-1-3/h11-12,15-16,18H,2-10,13-14H2,1H3,(H,29,30);1-4,9,11H,5-8,10,12-14H2;1H,(H2,2,3). The van der Waals surface area contributed by atoms with E-state index in [1.807, 2.05) is 6.92 Å². The predicted molar refractivity (Wildman–Crippen MR) is 233 cm³/mol. The second-order valence-electron chi connectivity index (χ2n) is 19.6. The first-order valence-electron chi connectivity index (χ1n) is 23.2. The van der Waals surface area contributed by atoms with Crippen LogP contribution in [-0.2, 0) is 36.6 Å². The molecule has 3 N–H and O–H groups in total. The zero-order valence-electron chi connectivity index (χ0n) is 38.5. The van der Waals surface area contributed by atoms with Crippen LogP contribution in [0.25, 0.3) is 0 Å². The van der Waals surface area contributed by atoms with Crippen LogP contribution in [0.2, 0.25) is 0 Å². The molecule has 7 fully saturated rings. The van der Waals surface area contributed by atoms with Gasteiger partial charge in [0, 0.05) is 56.3 Å². The molecular weight excluding hydrogens is 941 g/mol. The highest BCUT2D eigenvalue weighted by atomic mass is 19.4. The molecule has 14 nitrogen and oxygen atoms in total. The van der Waals surface area contributed by atoms with Gasteiger partial charge in [-0.25, -0.2) is 13.6 Å². The van der Waals surface area contributed by atoms with Crippen LogP contribution in [0.5, 0.6) is 0 Å². The SMILES string of the molecule is CC(CC(=O)N1CCC(c2cc(F)c(C(=O)O)c(F)c2)CC1)OCC12CCC(CC1)OC2.NC=O.O=C(c1cnn(Cc2ccc(C(F)(F)F)cc2)c1)N1CCC2(C1)CN(C(=O)C1(C(F)(F)F)CC1)C2. The molecule has 7 aliphatic rings. The molecule has 10 rings (SSSR count). The van der Waals surface area contributed by atoms with Crippen molar-refractivity contribution in [3.05, 3.63) is 88.2 Å². The first kappa shape index (κ1) is 52.2. The quantitative estimate of drug-likeness (QED) is 0.149. The molecule has 22 heteroatoms. The fraction of sp³-hybridized carbons (Fsp3) is 0.583. The average Bonchev–Trinajstić information content (AvgIpc) is 3.81. The summed E-state index contributed by atoms with van der Waals surface area (Å²) in [6, 6.07) is 6.88. The molecule has 1 atom stereocenters. The lowest BCUT2D eigenvalue weighted by molar-refractivity contribution is -0.204. The van der Waals surface area contributed by atoms with Crippen LogP contribution in [0.3, 0.4) is 0 Å². The third-order valence-electron chi connectivity index (χ3n) is 14.6. The number of hydrogen-bond donors (Lipinski definition) is 2. The van der Waals surface area contributed by atoms with Gasteiger partial charge in [-0.3, -0.25) is 23.9 Å². The molecule has 3 aromatic rings. The number of amides is 4. The van der Waals surface area contributed by atoms with E-state index in [4.69, 9.17) is 19.4 Å². The number of halogens is 8. The third kappa shape index (κ3) is 11.6. The van der Waals surface area contributed by atoms with E-state index in [0.29, 0.717) is 81.3 Å². The van der Waals surface area contributed by atoms with E-state index in [1.165, 1.54) is 34.1 Å². The molecule has 0 radical (unpaired) electrons. The predicted octanol–water partition coefficient (Wildman–Crippen LogP) is 7.19. The maximum absolute atomic E-state index is 14.0. The Kier molecular flexibility index (Phi) is 15.4. The lowest BCUT2D eigenvalue weighted by Crippen LogP contribution is -2.62. The second-order valence-corrected chi connectivity index (χ2v) is 19.6. The van der Waals surface area contributed by atoms with E-state index in [0.717, 1.165) is 56.6 Å². The van der Waals surface area contributed by atoms with Gasteiger partial charge in [0.15, 0.2) is 0 Å². The lowest BCUT2D eigenvalue weighted by Gasteiger charge is -2.49. The lowest BCUT2D eigenvalue weighted by atomic mass is 9.72. The maximum atomic E-state index is 14.0. The fourth-order valence-corrected chi connectivity index (χ4v) is 10.3. The summed E-state index contributed by atoms with van der Waals surface area (Å²) in [6.45, 7) is 5.67. The number of aromatic nitrogens is 2. The zero-order chi connectivity index (χ0) is 50.8. The number of carboxylic acid groups (broad SMARTS) is 1. The minimum atomic E-state index is -4.54. The van der Waals surface area contributed by atoms with Gasteiger partial charge in [0.1, 0.15) is 22.6 Å². The molecule has 5 saturated heterocycles. The topological polar surface area (TPSA) is 178 Å². The van der Waals surface area contributed by atoms with Crippen molar-refractivity contribution in [3.63, 3.8) is 0 Å². The van der Waals surface area contributed by atoms with Crippen LogP contribution in [0.1, 0.15) is 114 Å². The van der Waals surface area contributed by atoms with Crippen LogP contribution in [0.15, 0.2) is 48.8 Å². The minimum Gasteiger partial charge on any atom is -0.477 e. The van der Waals surface area contributed by atoms with Crippen LogP contribution in [0.4, 0.5) is 35.1 Å². The number of benzene rings is 2. The Morgan fingerprint density at radius 2 is 1.49 bits per heavy atom. The molecule has 70 heavy (non-hydrogen) atoms. The van der Waals surface area contributed by atoms with Gasteiger partial charge in [-0.15, -0.1) is 0 Å². The smallest absolute Gasteiger partial charge is 0.416 e. The number of ether oxygens (including phenoxy) is 2. The molecule has 1 aromatic heterocycles. The number of aromatic carboxylic acids is 1. The molecule has 4 amide bonds. The number of fused-ring (bicyclic) bond motifs is 3. The van der Waals surface area contributed by atoms with Crippen LogP contribution < -0.4 is 5.73 Å². The molecule has 2 aromatic carbocycles. The number of carbonyl (C=O) groups excluding carboxylic acids is 4. The van der Waals surface area contributed by atoms with Gasteiger partial charge >= 0.3 is 18.3 Å². The van der Waals surface area contributed by atoms with E-state index >= 15 is 0 Å². The summed E-state index contributed by atoms with van der Waals surface area (Å²) >= 11 is 0. The van der Waals surface area contributed by atoms with Gasteiger partial charge in [0.25, 0.3) is 5.91 Å². The highest BCUT2D eigenvalue weighted by Gasteiger charge is 2.71. The largest absolute Gasteiger partial charge is 0.477 e. The van der Waals surface area contributed by atoms with E-state index < -0.39 is 52.4 Å². The molecule has 382 valence electrons. The first-order chi connectivity index (χ1) is 33.0. The highest BCUT2D eigenvalue weighted by Crippen LogP contribution is 2.60. The van der Waals surface area contributed by atoms with Gasteiger partial charge in [-0.1, -0.05) is 12.1 Å². The maximum Gasteiger partial charge on any atom is 0.416 e. The Morgan fingerprint density at radius 1 is 0.886 bits per heavy atom. The monoisotopic (exact) mass is 996 g/mol. The summed E-state index contributed by atoms with van der Waals surface area (Å²) in [6.07, 6.45) is 0.602. The fourth-order valence-electron chi connectivity index (χ4n) is 10.3. The Labute approximate surface area is 398 Å². The number of carboxylic acids is 1. The van der Waals surface area contributed by atoms with E-state index in [1.54, 1.807) is 9.80 Å². The molecule has 2 bridgehead atoms. The summed E-state index contributed by atoms with van der Waals surface area (Å²) in [5.74, 6) is -4.96. The number of carbonyl (C=O) groups is 5. The number of hydrogen-bond acceptors (Lipinski definition) is 8. The first-order valence-corrected chi connectivity index (χ1v) is 23.2. The summed E-state index contributed by atoms with van der Waals surface area (Å²) in [7, 11) is 0. The second kappa shape index (κ2) is 20.6. The van der Waals surface area contributed by atoms with E-state index in [2.05, 4.69) is 10.8 Å². The van der Waals surface area contributed by atoms with Gasteiger partial charge in [-0.05, 0) is 106 Å². The van der Waals surface area contributed by atoms with Crippen molar-refractivity contribution in [2.45, 2.75) is 108 Å². The summed E-state index contributed by atoms with van der Waals surface area (Å²) in [5, 5.41) is 13.0. The van der Waals surface area contributed by atoms with Crippen LogP contribution >= 0.6 is 0 Å². The Balaban J connectivity index is 0.000000196. The Bertz CT molecular complexity index is 2350. The van der Waals surface area contributed by atoms with Gasteiger partial charge in [0.2, 0.25) is 18.2 Å². The number of alkyl halides is 6. The molecule has 1 unspecified atom stereocenters. The van der Waals surface area contributed by atoms with Crippen LogP contribution in [-0.4, -0.2) is 131 Å². The van der Waals surface area contributed by atoms with Crippen molar-refractivity contribution in [3.8, 4) is 0 Å². The molecule has 6 heterocycles. The van der Waals surface area contributed by atoms with Gasteiger partial charge < -0.3 is 35.0 Å². The van der Waals surface area contributed by atoms with E-state index in [-0.39, 0.29) is 73.6 Å². The molecular formula is C48H56F8N6O8. The van der Waals surface area contributed by atoms with Crippen molar-refractivity contribution in [1.29, 1.82) is 0 Å². The van der Waals surface area contributed by atoms with Gasteiger partial charge in [0.05, 0.1) is 55.7 Å². The number of piperidine rings is 1. The normalized spacial score (nSPS) is 22.8. The molecule has 2 aliphatic carbocycles. The molecule has 5 aliphatic heterocycles.